The Morgan fingerprint density at radius 3 is 2.42 bits per heavy atom. The molecule has 1 heterocycles. The molecule has 0 amide bonds. The molecule has 0 bridgehead atoms. The maximum atomic E-state index is 12.4. The largest absolute Gasteiger partial charge is 0.417 e. The summed E-state index contributed by atoms with van der Waals surface area (Å²) >= 11 is 1.45. The van der Waals surface area contributed by atoms with Crippen LogP contribution in [0.1, 0.15) is 38.7 Å². The van der Waals surface area contributed by atoms with Gasteiger partial charge >= 0.3 is 6.18 Å². The number of hydrogen-bond donors (Lipinski definition) is 1. The van der Waals surface area contributed by atoms with Crippen LogP contribution in [0.4, 0.5) is 13.2 Å². The predicted octanol–water partition coefficient (Wildman–Crippen LogP) is 4.10. The van der Waals surface area contributed by atoms with E-state index in [1.54, 1.807) is 0 Å². The lowest BCUT2D eigenvalue weighted by Crippen LogP contribution is -2.31. The monoisotopic (exact) mass is 292 g/mol. The topological polar surface area (TPSA) is 38.9 Å². The summed E-state index contributed by atoms with van der Waals surface area (Å²) in [5, 5.41) is 0.774. The molecule has 108 valence electrons. The number of halogens is 3. The Balaban J connectivity index is 2.71. The van der Waals surface area contributed by atoms with Gasteiger partial charge in [-0.05, 0) is 25.0 Å². The maximum Gasteiger partial charge on any atom is 0.417 e. The van der Waals surface area contributed by atoms with Gasteiger partial charge in [0.05, 0.1) is 10.6 Å². The lowest BCUT2D eigenvalue weighted by atomic mass is 10.1. The highest BCUT2D eigenvalue weighted by Gasteiger charge is 2.30. The molecule has 19 heavy (non-hydrogen) atoms. The van der Waals surface area contributed by atoms with E-state index in [2.05, 4.69) is 11.9 Å². The number of hydrogen-bond acceptors (Lipinski definition) is 3. The number of nitrogens with zero attached hydrogens (tertiary/aromatic N) is 1. The fourth-order valence-corrected chi connectivity index (χ4v) is 2.81. The van der Waals surface area contributed by atoms with E-state index >= 15 is 0 Å². The van der Waals surface area contributed by atoms with Gasteiger partial charge in [-0.25, -0.2) is 4.98 Å². The van der Waals surface area contributed by atoms with Crippen molar-refractivity contribution in [3.8, 4) is 0 Å². The Hall–Kier alpha value is -0.750. The van der Waals surface area contributed by atoms with Crippen LogP contribution >= 0.6 is 11.8 Å². The van der Waals surface area contributed by atoms with Crippen LogP contribution < -0.4 is 5.73 Å². The average molecular weight is 292 g/mol. The average Bonchev–Trinajstić information content (AvgIpc) is 2.35. The molecule has 1 aromatic heterocycles. The summed E-state index contributed by atoms with van der Waals surface area (Å²) in [6.07, 6.45) is -0.682. The molecule has 0 saturated heterocycles. The van der Waals surface area contributed by atoms with Gasteiger partial charge in [0.1, 0.15) is 0 Å². The summed E-state index contributed by atoms with van der Waals surface area (Å²) in [6, 6.07) is 2.52. The summed E-state index contributed by atoms with van der Waals surface area (Å²) < 4.78 is 37.2. The SMILES string of the molecule is CCCC(N)C(CC)Sc1ccc(C(F)(F)F)cn1. The van der Waals surface area contributed by atoms with Crippen LogP contribution in [0, 0.1) is 0 Å². The van der Waals surface area contributed by atoms with Crippen molar-refractivity contribution in [3.05, 3.63) is 23.9 Å². The maximum absolute atomic E-state index is 12.4. The fourth-order valence-electron chi connectivity index (χ4n) is 1.77. The molecule has 1 aromatic rings. The highest BCUT2D eigenvalue weighted by atomic mass is 32.2. The third kappa shape index (κ3) is 5.03. The fraction of sp³-hybridized carbons (Fsp3) is 0.615. The second-order valence-corrected chi connectivity index (χ2v) is 5.66. The van der Waals surface area contributed by atoms with Crippen molar-refractivity contribution in [2.45, 2.75) is 55.6 Å². The summed E-state index contributed by atoms with van der Waals surface area (Å²) in [7, 11) is 0. The molecule has 0 aliphatic rings. The van der Waals surface area contributed by atoms with Crippen molar-refractivity contribution in [2.24, 2.45) is 5.73 Å². The van der Waals surface area contributed by atoms with Crippen LogP contribution in [-0.2, 0) is 6.18 Å². The highest BCUT2D eigenvalue weighted by Crippen LogP contribution is 2.31. The van der Waals surface area contributed by atoms with Gasteiger partial charge in [0, 0.05) is 17.5 Å². The second kappa shape index (κ2) is 7.14. The number of nitrogens with two attached hydrogens (primary N) is 1. The van der Waals surface area contributed by atoms with Crippen LogP contribution in [0.15, 0.2) is 23.4 Å². The highest BCUT2D eigenvalue weighted by molar-refractivity contribution is 7.99. The van der Waals surface area contributed by atoms with Gasteiger partial charge < -0.3 is 5.73 Å². The van der Waals surface area contributed by atoms with Crippen molar-refractivity contribution in [1.29, 1.82) is 0 Å². The Labute approximate surface area is 116 Å². The van der Waals surface area contributed by atoms with Crippen LogP contribution in [0.5, 0.6) is 0 Å². The first-order chi connectivity index (χ1) is 8.88. The van der Waals surface area contributed by atoms with Crippen LogP contribution in [-0.4, -0.2) is 16.3 Å². The zero-order valence-electron chi connectivity index (χ0n) is 11.1. The molecule has 2 N–H and O–H groups in total. The van der Waals surface area contributed by atoms with Crippen molar-refractivity contribution in [2.75, 3.05) is 0 Å². The van der Waals surface area contributed by atoms with Gasteiger partial charge in [-0.1, -0.05) is 20.3 Å². The van der Waals surface area contributed by atoms with E-state index in [1.807, 2.05) is 6.92 Å². The van der Waals surface area contributed by atoms with Crippen molar-refractivity contribution in [3.63, 3.8) is 0 Å². The minimum absolute atomic E-state index is 0.0455. The third-order valence-electron chi connectivity index (χ3n) is 2.84. The number of alkyl halides is 3. The summed E-state index contributed by atoms with van der Waals surface area (Å²) in [6.45, 7) is 4.09. The molecule has 0 spiro atoms. The molecular weight excluding hydrogens is 273 g/mol. The molecule has 0 radical (unpaired) electrons. The van der Waals surface area contributed by atoms with Gasteiger partial charge in [-0.15, -0.1) is 11.8 Å². The Morgan fingerprint density at radius 2 is 2.00 bits per heavy atom. The number of rotatable bonds is 6. The minimum atomic E-state index is -4.33. The molecule has 0 aliphatic heterocycles. The molecule has 2 atom stereocenters. The van der Waals surface area contributed by atoms with Crippen LogP contribution in [0.3, 0.4) is 0 Å². The van der Waals surface area contributed by atoms with E-state index in [4.69, 9.17) is 5.73 Å². The molecule has 0 fully saturated rings. The zero-order valence-corrected chi connectivity index (χ0v) is 11.9. The smallest absolute Gasteiger partial charge is 0.327 e. The molecule has 2 nitrogen and oxygen atoms in total. The molecule has 2 unspecified atom stereocenters. The molecule has 6 heteroatoms. The molecule has 0 aliphatic carbocycles. The van der Waals surface area contributed by atoms with E-state index in [0.29, 0.717) is 5.03 Å². The molecule has 0 saturated carbocycles. The van der Waals surface area contributed by atoms with E-state index in [9.17, 15) is 13.2 Å². The first-order valence-corrected chi connectivity index (χ1v) is 7.21. The number of thioether (sulfide) groups is 1. The normalized spacial score (nSPS) is 15.3. The zero-order chi connectivity index (χ0) is 14.5. The molecule has 0 aromatic carbocycles. The minimum Gasteiger partial charge on any atom is -0.327 e. The molecule has 1 rings (SSSR count). The Morgan fingerprint density at radius 1 is 1.32 bits per heavy atom. The Bertz CT molecular complexity index is 378. The standard InChI is InChI=1S/C13H19F3N2S/c1-3-5-10(17)11(4-2)19-12-7-6-9(8-18-12)13(14,15)16/h6-8,10-11H,3-5,17H2,1-2H3. The third-order valence-corrected chi connectivity index (χ3v) is 4.31. The van der Waals surface area contributed by atoms with E-state index < -0.39 is 11.7 Å². The first kappa shape index (κ1) is 16.3. The van der Waals surface area contributed by atoms with Gasteiger partial charge in [-0.3, -0.25) is 0 Å². The van der Waals surface area contributed by atoms with E-state index in [1.165, 1.54) is 17.8 Å². The lowest BCUT2D eigenvalue weighted by Gasteiger charge is -2.21. The van der Waals surface area contributed by atoms with Gasteiger partial charge in [-0.2, -0.15) is 13.2 Å². The van der Waals surface area contributed by atoms with Gasteiger partial charge in [0.15, 0.2) is 0 Å². The summed E-state index contributed by atoms with van der Waals surface area (Å²) in [4.78, 5) is 3.86. The predicted molar refractivity (Wildman–Crippen MR) is 72.1 cm³/mol. The number of pyridine rings is 1. The van der Waals surface area contributed by atoms with Crippen molar-refractivity contribution in [1.82, 2.24) is 4.98 Å². The Kier molecular flexibility index (Phi) is 6.13. The lowest BCUT2D eigenvalue weighted by molar-refractivity contribution is -0.137. The van der Waals surface area contributed by atoms with Crippen LogP contribution in [0.2, 0.25) is 0 Å². The van der Waals surface area contributed by atoms with Gasteiger partial charge in [0.25, 0.3) is 0 Å². The van der Waals surface area contributed by atoms with Crippen LogP contribution in [0.25, 0.3) is 0 Å². The summed E-state index contributed by atoms with van der Waals surface area (Å²) in [5.74, 6) is 0. The number of aromatic nitrogens is 1. The van der Waals surface area contributed by atoms with Crippen molar-refractivity contribution >= 4 is 11.8 Å². The van der Waals surface area contributed by atoms with E-state index in [0.717, 1.165) is 31.5 Å². The summed E-state index contributed by atoms with van der Waals surface area (Å²) in [5.41, 5.74) is 5.34. The first-order valence-electron chi connectivity index (χ1n) is 6.34. The van der Waals surface area contributed by atoms with Gasteiger partial charge in [0.2, 0.25) is 0 Å². The quantitative estimate of drug-likeness (QED) is 0.802. The van der Waals surface area contributed by atoms with Crippen molar-refractivity contribution < 1.29 is 13.2 Å². The molecular formula is C13H19F3N2S. The van der Waals surface area contributed by atoms with E-state index in [-0.39, 0.29) is 11.3 Å². The second-order valence-electron chi connectivity index (χ2n) is 4.40.